The lowest BCUT2D eigenvalue weighted by Crippen LogP contribution is -2.35. The molecule has 0 rings (SSSR count). The molecule has 0 radical (unpaired) electrons. The number of carbonyl (C=O) groups is 1. The molecule has 0 fully saturated rings. The van der Waals surface area contributed by atoms with Gasteiger partial charge in [-0.05, 0) is 6.92 Å². The third-order valence-electron chi connectivity index (χ3n) is 1.01. The van der Waals surface area contributed by atoms with Crippen LogP contribution in [0, 0.1) is 0 Å². The van der Waals surface area contributed by atoms with E-state index in [1.54, 1.807) is 0 Å². The molecule has 0 unspecified atom stereocenters. The first kappa shape index (κ1) is 12.3. The van der Waals surface area contributed by atoms with Gasteiger partial charge in [0.05, 0.1) is 6.61 Å². The van der Waals surface area contributed by atoms with Crippen LogP contribution in [-0.2, 0) is 19.4 Å². The third kappa shape index (κ3) is 7.65. The number of amides is 1. The zero-order valence-corrected chi connectivity index (χ0v) is 7.74. The van der Waals surface area contributed by atoms with E-state index in [0.717, 1.165) is 0 Å². The Labute approximate surface area is 75.7 Å². The van der Waals surface area contributed by atoms with E-state index in [0.29, 0.717) is 0 Å². The van der Waals surface area contributed by atoms with Crippen LogP contribution >= 0.6 is 0 Å². The van der Waals surface area contributed by atoms with Crippen molar-refractivity contribution in [3.63, 3.8) is 0 Å². The highest BCUT2D eigenvalue weighted by Crippen LogP contribution is 1.84. The minimum absolute atomic E-state index is 0.108. The maximum absolute atomic E-state index is 10.6. The summed E-state index contributed by atoms with van der Waals surface area (Å²) in [4.78, 5) is 10.6. The molecule has 8 heteroatoms. The molecule has 1 atom stereocenters. The van der Waals surface area contributed by atoms with Crippen LogP contribution in [0.15, 0.2) is 0 Å². The number of aliphatic hydroxyl groups excluding tert-OH is 1. The van der Waals surface area contributed by atoms with Crippen molar-refractivity contribution < 1.29 is 27.1 Å². The highest BCUT2D eigenvalue weighted by atomic mass is 32.3. The van der Waals surface area contributed by atoms with Gasteiger partial charge in [0.15, 0.2) is 0 Å². The summed E-state index contributed by atoms with van der Waals surface area (Å²) >= 11 is 0. The van der Waals surface area contributed by atoms with E-state index in [4.69, 9.17) is 9.66 Å². The molecular weight excluding hydrogens is 202 g/mol. The summed E-state index contributed by atoms with van der Waals surface area (Å²) < 4.78 is 31.9. The molecule has 0 aliphatic rings. The van der Waals surface area contributed by atoms with Crippen molar-refractivity contribution in [1.82, 2.24) is 5.32 Å². The lowest BCUT2D eigenvalue weighted by atomic mass is 10.4. The number of nitrogens with one attached hydrogen (secondary N) is 1. The highest BCUT2D eigenvalue weighted by molar-refractivity contribution is 7.80. The Hall–Kier alpha value is -0.700. The van der Waals surface area contributed by atoms with Crippen molar-refractivity contribution in [3.05, 3.63) is 0 Å². The van der Waals surface area contributed by atoms with E-state index < -0.39 is 22.4 Å². The van der Waals surface area contributed by atoms with Crippen molar-refractivity contribution in [2.24, 2.45) is 0 Å². The maximum atomic E-state index is 10.6. The number of hydrogen-bond donors (Lipinski definition) is 3. The van der Waals surface area contributed by atoms with Gasteiger partial charge in [0.2, 0.25) is 5.91 Å². The minimum atomic E-state index is -4.46. The lowest BCUT2D eigenvalue weighted by molar-refractivity contribution is -0.128. The fourth-order valence-corrected chi connectivity index (χ4v) is 0.763. The average Bonchev–Trinajstić information content (AvgIpc) is 1.95. The zero-order chi connectivity index (χ0) is 10.5. The van der Waals surface area contributed by atoms with Crippen LogP contribution in [0.2, 0.25) is 0 Å². The van der Waals surface area contributed by atoms with Crippen LogP contribution in [0.25, 0.3) is 0 Å². The zero-order valence-electron chi connectivity index (χ0n) is 6.93. The molecule has 13 heavy (non-hydrogen) atoms. The second-order valence-electron chi connectivity index (χ2n) is 2.22. The van der Waals surface area contributed by atoms with Crippen LogP contribution in [-0.4, -0.2) is 43.2 Å². The summed E-state index contributed by atoms with van der Waals surface area (Å²) in [6, 6.07) is 0. The van der Waals surface area contributed by atoms with Crippen molar-refractivity contribution in [1.29, 1.82) is 0 Å². The smallest absolute Gasteiger partial charge is 0.384 e. The first-order valence-corrected chi connectivity index (χ1v) is 4.77. The molecule has 3 N–H and O–H groups in total. The Kier molecular flexibility index (Phi) is 4.85. The third-order valence-corrected chi connectivity index (χ3v) is 1.48. The Morgan fingerprint density at radius 2 is 2.15 bits per heavy atom. The molecule has 0 aliphatic heterocycles. The first-order valence-electron chi connectivity index (χ1n) is 3.40. The van der Waals surface area contributed by atoms with Crippen molar-refractivity contribution in [3.8, 4) is 0 Å². The fraction of sp³-hybridized carbons (Fsp3) is 0.800. The molecule has 0 aromatic heterocycles. The summed E-state index contributed by atoms with van der Waals surface area (Å²) in [6.07, 6.45) is -1.16. The van der Waals surface area contributed by atoms with Crippen LogP contribution in [0.3, 0.4) is 0 Å². The first-order chi connectivity index (χ1) is 5.83. The molecule has 0 saturated carbocycles. The van der Waals surface area contributed by atoms with Crippen molar-refractivity contribution in [2.75, 3.05) is 13.2 Å². The van der Waals surface area contributed by atoms with Crippen LogP contribution in [0.5, 0.6) is 0 Å². The molecule has 7 nitrogen and oxygen atoms in total. The van der Waals surface area contributed by atoms with E-state index in [-0.39, 0.29) is 13.2 Å². The largest absolute Gasteiger partial charge is 0.397 e. The highest BCUT2D eigenvalue weighted by Gasteiger charge is 2.08. The van der Waals surface area contributed by atoms with Gasteiger partial charge in [0.1, 0.15) is 6.10 Å². The predicted octanol–water partition coefficient (Wildman–Crippen LogP) is -1.70. The molecular formula is C5H11NO6S. The van der Waals surface area contributed by atoms with Crippen molar-refractivity contribution >= 4 is 16.3 Å². The number of carbonyl (C=O) groups excluding carboxylic acids is 1. The Balaban J connectivity index is 3.53. The predicted molar refractivity (Wildman–Crippen MR) is 42.2 cm³/mol. The molecule has 1 amide bonds. The van der Waals surface area contributed by atoms with Crippen LogP contribution < -0.4 is 5.32 Å². The Morgan fingerprint density at radius 3 is 2.54 bits per heavy atom. The second-order valence-corrected chi connectivity index (χ2v) is 3.31. The molecule has 0 aromatic carbocycles. The van der Waals surface area contributed by atoms with Gasteiger partial charge in [-0.15, -0.1) is 0 Å². The Morgan fingerprint density at radius 1 is 1.62 bits per heavy atom. The van der Waals surface area contributed by atoms with Gasteiger partial charge in [-0.3, -0.25) is 9.35 Å². The lowest BCUT2D eigenvalue weighted by Gasteiger charge is -2.05. The van der Waals surface area contributed by atoms with Gasteiger partial charge in [-0.25, -0.2) is 4.18 Å². The van der Waals surface area contributed by atoms with Gasteiger partial charge in [0.25, 0.3) is 0 Å². The normalized spacial score (nSPS) is 13.8. The molecule has 0 aliphatic carbocycles. The van der Waals surface area contributed by atoms with Gasteiger partial charge in [0, 0.05) is 6.54 Å². The molecule has 0 bridgehead atoms. The van der Waals surface area contributed by atoms with Crippen LogP contribution in [0.1, 0.15) is 6.92 Å². The topological polar surface area (TPSA) is 113 Å². The number of aliphatic hydroxyl groups is 1. The van der Waals surface area contributed by atoms with Crippen LogP contribution in [0.4, 0.5) is 0 Å². The standard InChI is InChI=1S/C5H11NO6S/c1-4(7)5(8)6-2-3-12-13(9,10)11/h4,7H,2-3H2,1H3,(H,6,8)(H,9,10,11)/t4-/m0/s1. The maximum Gasteiger partial charge on any atom is 0.397 e. The number of rotatable bonds is 5. The van der Waals surface area contributed by atoms with Gasteiger partial charge < -0.3 is 10.4 Å². The summed E-state index contributed by atoms with van der Waals surface area (Å²) in [7, 11) is -4.46. The van der Waals surface area contributed by atoms with E-state index in [1.807, 2.05) is 0 Å². The quantitative estimate of drug-likeness (QED) is 0.370. The van der Waals surface area contributed by atoms with E-state index >= 15 is 0 Å². The van der Waals surface area contributed by atoms with E-state index in [9.17, 15) is 13.2 Å². The summed E-state index contributed by atoms with van der Waals surface area (Å²) in [5, 5.41) is 10.8. The SMILES string of the molecule is C[C@H](O)C(=O)NCCOS(=O)(=O)O. The molecule has 0 saturated heterocycles. The average molecular weight is 213 g/mol. The van der Waals surface area contributed by atoms with E-state index in [2.05, 4.69) is 9.50 Å². The summed E-state index contributed by atoms with van der Waals surface area (Å²) in [5.74, 6) is -0.640. The van der Waals surface area contributed by atoms with Crippen molar-refractivity contribution in [2.45, 2.75) is 13.0 Å². The fourth-order valence-electron chi connectivity index (χ4n) is 0.469. The molecule has 78 valence electrons. The molecule has 0 heterocycles. The summed E-state index contributed by atoms with van der Waals surface area (Å²) in [6.45, 7) is 0.778. The monoisotopic (exact) mass is 213 g/mol. The van der Waals surface area contributed by atoms with Gasteiger partial charge in [-0.1, -0.05) is 0 Å². The summed E-state index contributed by atoms with van der Waals surface area (Å²) in [5.41, 5.74) is 0. The molecule has 0 aromatic rings. The van der Waals surface area contributed by atoms with Gasteiger partial charge >= 0.3 is 10.4 Å². The Bertz CT molecular complexity index is 258. The van der Waals surface area contributed by atoms with E-state index in [1.165, 1.54) is 6.92 Å². The minimum Gasteiger partial charge on any atom is -0.384 e. The second kappa shape index (κ2) is 5.12. The van der Waals surface area contributed by atoms with Gasteiger partial charge in [-0.2, -0.15) is 8.42 Å². The number of hydrogen-bond acceptors (Lipinski definition) is 5. The molecule has 0 spiro atoms.